The van der Waals surface area contributed by atoms with Crippen molar-refractivity contribution in [3.8, 4) is 0 Å². The van der Waals surface area contributed by atoms with Crippen LogP contribution in [0.5, 0.6) is 0 Å². The van der Waals surface area contributed by atoms with E-state index >= 15 is 0 Å². The van der Waals surface area contributed by atoms with Gasteiger partial charge in [-0.25, -0.2) is 0 Å². The van der Waals surface area contributed by atoms with Gasteiger partial charge in [-0.2, -0.15) is 0 Å². The molecular formula is C13H20N2O. The Labute approximate surface area is 96.7 Å². The molecule has 3 heteroatoms. The summed E-state index contributed by atoms with van der Waals surface area (Å²) >= 11 is 0. The lowest BCUT2D eigenvalue weighted by molar-refractivity contribution is 0.0902. The van der Waals surface area contributed by atoms with E-state index in [-0.39, 0.29) is 12.1 Å². The van der Waals surface area contributed by atoms with Crippen LogP contribution in [-0.2, 0) is 6.54 Å². The Balaban J connectivity index is 1.84. The highest BCUT2D eigenvalue weighted by atomic mass is 16.3. The van der Waals surface area contributed by atoms with Crippen LogP contribution in [0.15, 0.2) is 24.3 Å². The lowest BCUT2D eigenvalue weighted by Crippen LogP contribution is -2.41. The maximum atomic E-state index is 9.81. The van der Waals surface area contributed by atoms with Crippen molar-refractivity contribution in [2.45, 2.75) is 44.4 Å². The zero-order valence-electron chi connectivity index (χ0n) is 9.52. The molecule has 1 fully saturated rings. The highest BCUT2D eigenvalue weighted by molar-refractivity contribution is 5.39. The molecule has 0 amide bonds. The topological polar surface area (TPSA) is 58.3 Å². The Bertz CT molecular complexity index is 323. The normalized spacial score (nSPS) is 25.6. The molecule has 16 heavy (non-hydrogen) atoms. The van der Waals surface area contributed by atoms with Gasteiger partial charge in [-0.1, -0.05) is 25.0 Å². The molecule has 0 heterocycles. The Morgan fingerprint density at radius 3 is 2.56 bits per heavy atom. The van der Waals surface area contributed by atoms with Crippen LogP contribution in [0.1, 0.15) is 31.2 Å². The maximum absolute atomic E-state index is 9.81. The Hall–Kier alpha value is -1.06. The van der Waals surface area contributed by atoms with Crippen molar-refractivity contribution in [1.82, 2.24) is 5.32 Å². The molecule has 0 radical (unpaired) electrons. The fourth-order valence-electron chi connectivity index (χ4n) is 2.23. The van der Waals surface area contributed by atoms with Crippen LogP contribution in [0.2, 0.25) is 0 Å². The summed E-state index contributed by atoms with van der Waals surface area (Å²) in [6.07, 6.45) is 4.20. The van der Waals surface area contributed by atoms with Gasteiger partial charge in [-0.05, 0) is 30.5 Å². The quantitative estimate of drug-likeness (QED) is 0.679. The summed E-state index contributed by atoms with van der Waals surface area (Å²) in [5.41, 5.74) is 7.64. The zero-order chi connectivity index (χ0) is 11.4. The number of rotatable bonds is 3. The van der Waals surface area contributed by atoms with E-state index in [9.17, 15) is 5.11 Å². The Morgan fingerprint density at radius 1 is 1.19 bits per heavy atom. The van der Waals surface area contributed by atoms with Crippen LogP contribution in [-0.4, -0.2) is 17.3 Å². The first kappa shape index (κ1) is 11.4. The van der Waals surface area contributed by atoms with Gasteiger partial charge in [-0.3, -0.25) is 0 Å². The van der Waals surface area contributed by atoms with Gasteiger partial charge in [0.15, 0.2) is 0 Å². The maximum Gasteiger partial charge on any atom is 0.0693 e. The fraction of sp³-hybridized carbons (Fsp3) is 0.538. The summed E-state index contributed by atoms with van der Waals surface area (Å²) in [5.74, 6) is 0. The third-order valence-corrected chi connectivity index (χ3v) is 3.28. The van der Waals surface area contributed by atoms with Gasteiger partial charge >= 0.3 is 0 Å². The van der Waals surface area contributed by atoms with Crippen molar-refractivity contribution in [2.75, 3.05) is 5.73 Å². The summed E-state index contributed by atoms with van der Waals surface area (Å²) in [7, 11) is 0. The Kier molecular flexibility index (Phi) is 3.80. The molecule has 1 saturated carbocycles. The number of benzene rings is 1. The summed E-state index contributed by atoms with van der Waals surface area (Å²) in [4.78, 5) is 0. The molecular weight excluding hydrogens is 200 g/mol. The fourth-order valence-corrected chi connectivity index (χ4v) is 2.23. The Morgan fingerprint density at radius 2 is 1.88 bits per heavy atom. The predicted molar refractivity (Wildman–Crippen MR) is 66.0 cm³/mol. The van der Waals surface area contributed by atoms with Gasteiger partial charge < -0.3 is 16.2 Å². The van der Waals surface area contributed by atoms with E-state index in [0.717, 1.165) is 31.5 Å². The van der Waals surface area contributed by atoms with Crippen molar-refractivity contribution >= 4 is 5.69 Å². The standard InChI is InChI=1S/C13H20N2O/c14-11-7-5-10(6-8-11)9-15-12-3-1-2-4-13(12)16/h5-8,12-13,15-16H,1-4,9,14H2. The number of hydrogen-bond donors (Lipinski definition) is 3. The molecule has 2 unspecified atom stereocenters. The molecule has 2 atom stereocenters. The van der Waals surface area contributed by atoms with E-state index in [2.05, 4.69) is 5.32 Å². The third kappa shape index (κ3) is 2.97. The van der Waals surface area contributed by atoms with Crippen LogP contribution >= 0.6 is 0 Å². The van der Waals surface area contributed by atoms with Crippen molar-refractivity contribution in [1.29, 1.82) is 0 Å². The molecule has 0 saturated heterocycles. The zero-order valence-corrected chi connectivity index (χ0v) is 9.52. The second-order valence-electron chi connectivity index (χ2n) is 4.58. The lowest BCUT2D eigenvalue weighted by atomic mass is 9.92. The number of aliphatic hydroxyl groups excluding tert-OH is 1. The number of nitrogen functional groups attached to an aromatic ring is 1. The van der Waals surface area contributed by atoms with Gasteiger partial charge in [0.1, 0.15) is 0 Å². The van der Waals surface area contributed by atoms with Gasteiger partial charge in [-0.15, -0.1) is 0 Å². The molecule has 0 spiro atoms. The van der Waals surface area contributed by atoms with Crippen LogP contribution in [0.3, 0.4) is 0 Å². The summed E-state index contributed by atoms with van der Waals surface area (Å²) in [6.45, 7) is 0.808. The average molecular weight is 220 g/mol. The minimum Gasteiger partial charge on any atom is -0.399 e. The molecule has 88 valence electrons. The van der Waals surface area contributed by atoms with Crippen molar-refractivity contribution < 1.29 is 5.11 Å². The number of aliphatic hydroxyl groups is 1. The van der Waals surface area contributed by atoms with E-state index in [1.54, 1.807) is 0 Å². The van der Waals surface area contributed by atoms with E-state index < -0.39 is 0 Å². The van der Waals surface area contributed by atoms with Crippen LogP contribution in [0, 0.1) is 0 Å². The average Bonchev–Trinajstić information content (AvgIpc) is 2.30. The number of nitrogens with two attached hydrogens (primary N) is 1. The molecule has 2 rings (SSSR count). The monoisotopic (exact) mass is 220 g/mol. The van der Waals surface area contributed by atoms with Gasteiger partial charge in [0.05, 0.1) is 6.10 Å². The number of nitrogens with one attached hydrogen (secondary N) is 1. The van der Waals surface area contributed by atoms with E-state index in [1.807, 2.05) is 24.3 Å². The summed E-state index contributed by atoms with van der Waals surface area (Å²) in [5, 5.41) is 13.2. The SMILES string of the molecule is Nc1ccc(CNC2CCCCC2O)cc1. The van der Waals surface area contributed by atoms with E-state index in [4.69, 9.17) is 5.73 Å². The molecule has 1 aromatic carbocycles. The summed E-state index contributed by atoms with van der Waals surface area (Å²) in [6, 6.07) is 8.13. The highest BCUT2D eigenvalue weighted by Crippen LogP contribution is 2.18. The lowest BCUT2D eigenvalue weighted by Gasteiger charge is -2.28. The molecule has 0 aliphatic heterocycles. The molecule has 1 aliphatic rings. The van der Waals surface area contributed by atoms with E-state index in [0.29, 0.717) is 0 Å². The molecule has 0 bridgehead atoms. The molecule has 1 aliphatic carbocycles. The van der Waals surface area contributed by atoms with Crippen molar-refractivity contribution in [3.05, 3.63) is 29.8 Å². The summed E-state index contributed by atoms with van der Waals surface area (Å²) < 4.78 is 0. The van der Waals surface area contributed by atoms with Crippen molar-refractivity contribution in [2.24, 2.45) is 0 Å². The first-order valence-corrected chi connectivity index (χ1v) is 6.01. The minimum atomic E-state index is -0.178. The second kappa shape index (κ2) is 5.32. The van der Waals surface area contributed by atoms with Gasteiger partial charge in [0.25, 0.3) is 0 Å². The predicted octanol–water partition coefficient (Wildman–Crippen LogP) is 1.66. The smallest absolute Gasteiger partial charge is 0.0693 e. The molecule has 1 aromatic rings. The minimum absolute atomic E-state index is 0.178. The van der Waals surface area contributed by atoms with Gasteiger partial charge in [0.2, 0.25) is 0 Å². The molecule has 4 N–H and O–H groups in total. The number of hydrogen-bond acceptors (Lipinski definition) is 3. The first-order chi connectivity index (χ1) is 7.75. The number of anilines is 1. The molecule has 0 aromatic heterocycles. The third-order valence-electron chi connectivity index (χ3n) is 3.28. The van der Waals surface area contributed by atoms with Crippen LogP contribution in [0.25, 0.3) is 0 Å². The van der Waals surface area contributed by atoms with Crippen molar-refractivity contribution in [3.63, 3.8) is 0 Å². The van der Waals surface area contributed by atoms with E-state index in [1.165, 1.54) is 12.0 Å². The van der Waals surface area contributed by atoms with Gasteiger partial charge in [0, 0.05) is 18.3 Å². The largest absolute Gasteiger partial charge is 0.399 e. The molecule has 3 nitrogen and oxygen atoms in total. The second-order valence-corrected chi connectivity index (χ2v) is 4.58. The first-order valence-electron chi connectivity index (χ1n) is 6.01. The highest BCUT2D eigenvalue weighted by Gasteiger charge is 2.21. The van der Waals surface area contributed by atoms with Crippen LogP contribution in [0.4, 0.5) is 5.69 Å². The van der Waals surface area contributed by atoms with Crippen LogP contribution < -0.4 is 11.1 Å².